The van der Waals surface area contributed by atoms with Crippen LogP contribution in [0.2, 0.25) is 0 Å². The lowest BCUT2D eigenvalue weighted by Gasteiger charge is -2.28. The predicted molar refractivity (Wildman–Crippen MR) is 158 cm³/mol. The molecule has 192 valence electrons. The minimum Gasteiger partial charge on any atom is -0.489 e. The summed E-state index contributed by atoms with van der Waals surface area (Å²) in [5.41, 5.74) is 3.95. The summed E-state index contributed by atoms with van der Waals surface area (Å²) in [5, 5.41) is 0. The Labute approximate surface area is 243 Å². The first kappa shape index (κ1) is 30.6. The fourth-order valence-corrected chi connectivity index (χ4v) is 6.01. The largest absolute Gasteiger partial charge is 0.489 e. The van der Waals surface area contributed by atoms with Gasteiger partial charge in [-0.25, -0.2) is 0 Å². The van der Waals surface area contributed by atoms with Gasteiger partial charge in [0.05, 0.1) is 44.3 Å². The van der Waals surface area contributed by atoms with Crippen LogP contribution in [0.5, 0.6) is 11.5 Å². The molecule has 0 bridgehead atoms. The zero-order valence-corrected chi connectivity index (χ0v) is 27.0. The minimum atomic E-state index is -0.289. The van der Waals surface area contributed by atoms with Crippen molar-refractivity contribution in [3.8, 4) is 11.5 Å². The SMILES string of the molecule is C=C(C)COCCOc1c(Br)cc(C(C)(C)c2cc(Br)c(OCCOCC(=C)C)c(Br)c2)cc1Br. The maximum absolute atomic E-state index is 5.95. The Morgan fingerprint density at radius 1 is 0.657 bits per heavy atom. The molecule has 0 aromatic heterocycles. The molecule has 0 saturated carbocycles. The van der Waals surface area contributed by atoms with E-state index < -0.39 is 0 Å². The van der Waals surface area contributed by atoms with E-state index in [1.807, 2.05) is 13.8 Å². The normalized spacial score (nSPS) is 11.4. The molecule has 4 nitrogen and oxygen atoms in total. The highest BCUT2D eigenvalue weighted by Crippen LogP contribution is 2.44. The molecule has 2 aromatic rings. The topological polar surface area (TPSA) is 36.9 Å². The van der Waals surface area contributed by atoms with E-state index in [-0.39, 0.29) is 5.41 Å². The van der Waals surface area contributed by atoms with E-state index in [0.717, 1.165) is 51.7 Å². The molecular weight excluding hydrogens is 708 g/mol. The van der Waals surface area contributed by atoms with Crippen molar-refractivity contribution in [2.75, 3.05) is 39.6 Å². The van der Waals surface area contributed by atoms with Gasteiger partial charge in [-0.3, -0.25) is 0 Å². The molecule has 2 rings (SSSR count). The van der Waals surface area contributed by atoms with Gasteiger partial charge in [-0.2, -0.15) is 0 Å². The lowest BCUT2D eigenvalue weighted by Crippen LogP contribution is -2.20. The summed E-state index contributed by atoms with van der Waals surface area (Å²) >= 11 is 14.7. The Morgan fingerprint density at radius 2 is 0.971 bits per heavy atom. The van der Waals surface area contributed by atoms with Crippen LogP contribution in [0.1, 0.15) is 38.8 Å². The van der Waals surface area contributed by atoms with Crippen molar-refractivity contribution in [2.45, 2.75) is 33.1 Å². The third-order valence-electron chi connectivity index (χ3n) is 5.09. The molecule has 0 radical (unpaired) electrons. The fourth-order valence-electron chi connectivity index (χ4n) is 3.18. The van der Waals surface area contributed by atoms with Crippen LogP contribution in [-0.2, 0) is 14.9 Å². The van der Waals surface area contributed by atoms with E-state index in [2.05, 4.69) is 115 Å². The Hall–Kier alpha value is -0.640. The van der Waals surface area contributed by atoms with Gasteiger partial charge >= 0.3 is 0 Å². The molecule has 2 aromatic carbocycles. The first-order chi connectivity index (χ1) is 16.4. The molecule has 0 saturated heterocycles. The van der Waals surface area contributed by atoms with Gasteiger partial charge in [0.1, 0.15) is 24.7 Å². The molecule has 35 heavy (non-hydrogen) atoms. The molecule has 0 aliphatic carbocycles. The monoisotopic (exact) mass is 736 g/mol. The average Bonchev–Trinajstić information content (AvgIpc) is 2.75. The van der Waals surface area contributed by atoms with Crippen LogP contribution in [0.3, 0.4) is 0 Å². The van der Waals surface area contributed by atoms with Crippen LogP contribution >= 0.6 is 63.7 Å². The van der Waals surface area contributed by atoms with E-state index in [0.29, 0.717) is 39.6 Å². The summed E-state index contributed by atoms with van der Waals surface area (Å²) in [7, 11) is 0. The van der Waals surface area contributed by atoms with E-state index in [9.17, 15) is 0 Å². The van der Waals surface area contributed by atoms with Gasteiger partial charge in [0.15, 0.2) is 0 Å². The Kier molecular flexibility index (Phi) is 12.5. The highest BCUT2D eigenvalue weighted by molar-refractivity contribution is 9.11. The van der Waals surface area contributed by atoms with Crippen molar-refractivity contribution < 1.29 is 18.9 Å². The number of hydrogen-bond donors (Lipinski definition) is 0. The molecule has 0 atom stereocenters. The molecule has 0 heterocycles. The van der Waals surface area contributed by atoms with Crippen molar-refractivity contribution >= 4 is 63.7 Å². The third kappa shape index (κ3) is 9.31. The van der Waals surface area contributed by atoms with Crippen LogP contribution in [0, 0.1) is 0 Å². The summed E-state index contributed by atoms with van der Waals surface area (Å²) < 4.78 is 26.5. The van der Waals surface area contributed by atoms with Gasteiger partial charge < -0.3 is 18.9 Å². The number of ether oxygens (including phenoxy) is 4. The summed E-state index contributed by atoms with van der Waals surface area (Å²) in [4.78, 5) is 0. The second kappa shape index (κ2) is 14.3. The van der Waals surface area contributed by atoms with Gasteiger partial charge in [0, 0.05) is 5.41 Å². The Bertz CT molecular complexity index is 922. The lowest BCUT2D eigenvalue weighted by atomic mass is 9.78. The first-order valence-corrected chi connectivity index (χ1v) is 14.3. The van der Waals surface area contributed by atoms with Gasteiger partial charge in [-0.1, -0.05) is 38.2 Å². The van der Waals surface area contributed by atoms with Crippen molar-refractivity contribution in [1.82, 2.24) is 0 Å². The van der Waals surface area contributed by atoms with E-state index in [1.54, 1.807) is 0 Å². The van der Waals surface area contributed by atoms with Crippen molar-refractivity contribution in [3.63, 3.8) is 0 Å². The maximum Gasteiger partial charge on any atom is 0.147 e. The van der Waals surface area contributed by atoms with Crippen molar-refractivity contribution in [2.24, 2.45) is 0 Å². The third-order valence-corrected chi connectivity index (χ3v) is 7.44. The van der Waals surface area contributed by atoms with Crippen LogP contribution in [0.15, 0.2) is 66.5 Å². The number of hydrogen-bond acceptors (Lipinski definition) is 4. The van der Waals surface area contributed by atoms with Gasteiger partial charge in [0.2, 0.25) is 0 Å². The number of rotatable bonds is 14. The van der Waals surface area contributed by atoms with Gasteiger partial charge in [0.25, 0.3) is 0 Å². The summed E-state index contributed by atoms with van der Waals surface area (Å²) in [6, 6.07) is 8.39. The molecular formula is C27H32Br4O4. The summed E-state index contributed by atoms with van der Waals surface area (Å²) in [5.74, 6) is 1.51. The van der Waals surface area contributed by atoms with Crippen LogP contribution in [0.4, 0.5) is 0 Å². The van der Waals surface area contributed by atoms with Crippen molar-refractivity contribution in [3.05, 3.63) is 77.6 Å². The van der Waals surface area contributed by atoms with Crippen LogP contribution in [-0.4, -0.2) is 39.6 Å². The molecule has 0 amide bonds. The van der Waals surface area contributed by atoms with E-state index in [1.165, 1.54) is 0 Å². The lowest BCUT2D eigenvalue weighted by molar-refractivity contribution is 0.116. The predicted octanol–water partition coefficient (Wildman–Crippen LogP) is 9.01. The highest BCUT2D eigenvalue weighted by atomic mass is 79.9. The summed E-state index contributed by atoms with van der Waals surface area (Å²) in [6.07, 6.45) is 0. The molecule has 0 unspecified atom stereocenters. The average molecular weight is 740 g/mol. The molecule has 0 aliphatic heterocycles. The maximum atomic E-state index is 5.95. The standard InChI is InChI=1S/C27H32Br4O4/c1-17(2)15-32-7-9-34-25-21(28)11-19(12-22(25)29)27(5,6)20-13-23(30)26(24(31)14-20)35-10-8-33-16-18(3)4/h11-14H,1,3,7-10,15-16H2,2,4-6H3. The van der Waals surface area contributed by atoms with Crippen molar-refractivity contribution in [1.29, 1.82) is 0 Å². The Morgan fingerprint density at radius 3 is 1.26 bits per heavy atom. The first-order valence-electron chi connectivity index (χ1n) is 11.1. The quantitative estimate of drug-likeness (QED) is 0.143. The second-order valence-electron chi connectivity index (χ2n) is 8.88. The second-order valence-corrected chi connectivity index (χ2v) is 12.3. The molecule has 8 heteroatoms. The molecule has 0 N–H and O–H groups in total. The Balaban J connectivity index is 2.14. The van der Waals surface area contributed by atoms with Crippen LogP contribution < -0.4 is 9.47 Å². The van der Waals surface area contributed by atoms with Gasteiger partial charge in [-0.05, 0) is 113 Å². The number of benzene rings is 2. The zero-order chi connectivity index (χ0) is 26.2. The van der Waals surface area contributed by atoms with Crippen LogP contribution in [0.25, 0.3) is 0 Å². The zero-order valence-electron chi connectivity index (χ0n) is 20.6. The smallest absolute Gasteiger partial charge is 0.147 e. The highest BCUT2D eigenvalue weighted by Gasteiger charge is 2.27. The molecule has 0 fully saturated rings. The summed E-state index contributed by atoms with van der Waals surface area (Å²) in [6.45, 7) is 18.9. The minimum absolute atomic E-state index is 0.289. The molecule has 0 aliphatic rings. The fraction of sp³-hybridized carbons (Fsp3) is 0.407. The van der Waals surface area contributed by atoms with E-state index >= 15 is 0 Å². The van der Waals surface area contributed by atoms with Gasteiger partial charge in [-0.15, -0.1) is 0 Å². The number of halogens is 4. The molecule has 0 spiro atoms. The van der Waals surface area contributed by atoms with E-state index in [4.69, 9.17) is 18.9 Å².